The molecule has 3 N–H and O–H groups in total. The quantitative estimate of drug-likeness (QED) is 0.577. The molecule has 0 unspecified atom stereocenters. The molecule has 112 valence electrons. The van der Waals surface area contributed by atoms with Crippen molar-refractivity contribution < 1.29 is 4.79 Å². The van der Waals surface area contributed by atoms with Crippen LogP contribution in [0.1, 0.15) is 29.4 Å². The maximum absolute atomic E-state index is 12.5. The number of hydrogen-bond acceptors (Lipinski definition) is 5. The molecule has 1 aromatic rings. The van der Waals surface area contributed by atoms with Gasteiger partial charge in [-0.1, -0.05) is 0 Å². The van der Waals surface area contributed by atoms with Crippen LogP contribution in [0.5, 0.6) is 0 Å². The standard InChI is InChI=1S/C14H25N5O/c1-5-19(8-6-7-18(3)4)14(20)12-10-16-11(2)9-13(12)17-15/h9-10H,5-8,15H2,1-4H3,(H,16,17). The van der Waals surface area contributed by atoms with E-state index in [0.717, 1.165) is 25.2 Å². The zero-order valence-electron chi connectivity index (χ0n) is 12.8. The molecule has 0 aliphatic rings. The fourth-order valence-corrected chi connectivity index (χ4v) is 2.00. The molecule has 20 heavy (non-hydrogen) atoms. The van der Waals surface area contributed by atoms with Gasteiger partial charge in [0.1, 0.15) is 0 Å². The highest BCUT2D eigenvalue weighted by atomic mass is 16.2. The number of carbonyl (C=O) groups excluding carboxylic acids is 1. The Morgan fingerprint density at radius 2 is 2.10 bits per heavy atom. The summed E-state index contributed by atoms with van der Waals surface area (Å²) in [4.78, 5) is 20.6. The summed E-state index contributed by atoms with van der Waals surface area (Å²) in [6.45, 7) is 6.20. The summed E-state index contributed by atoms with van der Waals surface area (Å²) in [5, 5.41) is 0. The van der Waals surface area contributed by atoms with Gasteiger partial charge in [-0.2, -0.15) is 0 Å². The molecule has 0 saturated heterocycles. The number of amides is 1. The first-order chi connectivity index (χ1) is 9.49. The van der Waals surface area contributed by atoms with E-state index in [-0.39, 0.29) is 5.91 Å². The van der Waals surface area contributed by atoms with Crippen molar-refractivity contribution in [3.8, 4) is 0 Å². The number of pyridine rings is 1. The predicted octanol–water partition coefficient (Wildman–Crippen LogP) is 1.09. The van der Waals surface area contributed by atoms with Gasteiger partial charge in [-0.3, -0.25) is 15.6 Å². The van der Waals surface area contributed by atoms with E-state index in [4.69, 9.17) is 5.84 Å². The largest absolute Gasteiger partial charge is 0.339 e. The second kappa shape index (κ2) is 7.81. The maximum atomic E-state index is 12.5. The predicted molar refractivity (Wildman–Crippen MR) is 81.5 cm³/mol. The first-order valence-electron chi connectivity index (χ1n) is 6.86. The van der Waals surface area contributed by atoms with Crippen LogP contribution >= 0.6 is 0 Å². The molecule has 6 heteroatoms. The summed E-state index contributed by atoms with van der Waals surface area (Å²) < 4.78 is 0. The minimum Gasteiger partial charge on any atom is -0.339 e. The van der Waals surface area contributed by atoms with E-state index in [1.807, 2.05) is 32.8 Å². The Labute approximate surface area is 120 Å². The second-order valence-electron chi connectivity index (χ2n) is 5.06. The molecule has 0 radical (unpaired) electrons. The lowest BCUT2D eigenvalue weighted by Crippen LogP contribution is -2.34. The van der Waals surface area contributed by atoms with Crippen molar-refractivity contribution in [3.63, 3.8) is 0 Å². The van der Waals surface area contributed by atoms with E-state index in [2.05, 4.69) is 15.3 Å². The van der Waals surface area contributed by atoms with Crippen LogP contribution in [0.25, 0.3) is 0 Å². The van der Waals surface area contributed by atoms with Gasteiger partial charge in [0.2, 0.25) is 0 Å². The summed E-state index contributed by atoms with van der Waals surface area (Å²) in [7, 11) is 4.05. The lowest BCUT2D eigenvalue weighted by molar-refractivity contribution is 0.0760. The molecule has 1 rings (SSSR count). The molecule has 0 aliphatic carbocycles. The van der Waals surface area contributed by atoms with Gasteiger partial charge >= 0.3 is 0 Å². The number of nitrogens with one attached hydrogen (secondary N) is 1. The molecular formula is C14H25N5O. The summed E-state index contributed by atoms with van der Waals surface area (Å²) in [6.07, 6.45) is 2.53. The van der Waals surface area contributed by atoms with E-state index in [1.54, 1.807) is 12.3 Å². The van der Waals surface area contributed by atoms with Gasteiger partial charge in [0.15, 0.2) is 0 Å². The summed E-state index contributed by atoms with van der Waals surface area (Å²) in [5.74, 6) is 5.45. The molecule has 0 aromatic carbocycles. The number of anilines is 1. The summed E-state index contributed by atoms with van der Waals surface area (Å²) in [5.41, 5.74) is 4.54. The van der Waals surface area contributed by atoms with Gasteiger partial charge in [0.05, 0.1) is 11.3 Å². The van der Waals surface area contributed by atoms with Crippen molar-refractivity contribution >= 4 is 11.6 Å². The van der Waals surface area contributed by atoms with Gasteiger partial charge in [0.25, 0.3) is 5.91 Å². The van der Waals surface area contributed by atoms with Gasteiger partial charge in [0, 0.05) is 25.0 Å². The van der Waals surface area contributed by atoms with E-state index in [0.29, 0.717) is 17.8 Å². The smallest absolute Gasteiger partial charge is 0.257 e. The monoisotopic (exact) mass is 279 g/mol. The molecule has 0 spiro atoms. The fourth-order valence-electron chi connectivity index (χ4n) is 2.00. The minimum atomic E-state index is -0.0355. The Hall–Kier alpha value is -1.66. The number of hydrazine groups is 1. The second-order valence-corrected chi connectivity index (χ2v) is 5.06. The fraction of sp³-hybridized carbons (Fsp3) is 0.571. The normalized spacial score (nSPS) is 10.7. The van der Waals surface area contributed by atoms with Crippen molar-refractivity contribution in [1.82, 2.24) is 14.8 Å². The third-order valence-electron chi connectivity index (χ3n) is 3.13. The molecule has 0 bridgehead atoms. The number of nitrogen functional groups attached to an aromatic ring is 1. The van der Waals surface area contributed by atoms with E-state index in [9.17, 15) is 4.79 Å². The summed E-state index contributed by atoms with van der Waals surface area (Å²) in [6, 6.07) is 1.78. The zero-order chi connectivity index (χ0) is 15.1. The van der Waals surface area contributed by atoms with Gasteiger partial charge in [-0.05, 0) is 47.0 Å². The van der Waals surface area contributed by atoms with E-state index in [1.165, 1.54) is 0 Å². The first kappa shape index (κ1) is 16.4. The molecule has 1 aromatic heterocycles. The number of hydrogen-bond donors (Lipinski definition) is 2. The SMILES string of the molecule is CCN(CCCN(C)C)C(=O)c1cnc(C)cc1NN. The lowest BCUT2D eigenvalue weighted by atomic mass is 10.2. The molecule has 6 nitrogen and oxygen atoms in total. The average Bonchev–Trinajstić information content (AvgIpc) is 2.42. The van der Waals surface area contributed by atoms with Crippen molar-refractivity contribution in [1.29, 1.82) is 0 Å². The highest BCUT2D eigenvalue weighted by Gasteiger charge is 2.18. The third-order valence-corrected chi connectivity index (χ3v) is 3.13. The number of carbonyl (C=O) groups is 1. The molecule has 1 heterocycles. The Morgan fingerprint density at radius 1 is 1.40 bits per heavy atom. The van der Waals surface area contributed by atoms with Gasteiger partial charge in [-0.15, -0.1) is 0 Å². The molecule has 0 saturated carbocycles. The average molecular weight is 279 g/mol. The van der Waals surface area contributed by atoms with E-state index < -0.39 is 0 Å². The van der Waals surface area contributed by atoms with Crippen molar-refractivity contribution in [2.24, 2.45) is 5.84 Å². The Kier molecular flexibility index (Phi) is 6.41. The van der Waals surface area contributed by atoms with Crippen LogP contribution in [-0.4, -0.2) is 54.4 Å². The van der Waals surface area contributed by atoms with Crippen LogP contribution in [-0.2, 0) is 0 Å². The minimum absolute atomic E-state index is 0.0355. The van der Waals surface area contributed by atoms with Gasteiger partial charge < -0.3 is 15.2 Å². The lowest BCUT2D eigenvalue weighted by Gasteiger charge is -2.23. The Balaban J connectivity index is 2.80. The molecule has 0 fully saturated rings. The van der Waals surface area contributed by atoms with Gasteiger partial charge in [-0.25, -0.2) is 0 Å². The third kappa shape index (κ3) is 4.47. The molecular weight excluding hydrogens is 254 g/mol. The molecule has 0 aliphatic heterocycles. The Morgan fingerprint density at radius 3 is 2.65 bits per heavy atom. The number of nitrogens with two attached hydrogens (primary N) is 1. The van der Waals surface area contributed by atoms with Crippen molar-refractivity contribution in [3.05, 3.63) is 23.5 Å². The number of aromatic nitrogens is 1. The van der Waals surface area contributed by atoms with Crippen molar-refractivity contribution in [2.75, 3.05) is 39.2 Å². The van der Waals surface area contributed by atoms with Crippen LogP contribution in [0, 0.1) is 6.92 Å². The highest BCUT2D eigenvalue weighted by molar-refractivity contribution is 5.99. The summed E-state index contributed by atoms with van der Waals surface area (Å²) >= 11 is 0. The van der Waals surface area contributed by atoms with Crippen molar-refractivity contribution in [2.45, 2.75) is 20.3 Å². The maximum Gasteiger partial charge on any atom is 0.257 e. The van der Waals surface area contributed by atoms with Crippen LogP contribution in [0.2, 0.25) is 0 Å². The highest BCUT2D eigenvalue weighted by Crippen LogP contribution is 2.16. The van der Waals surface area contributed by atoms with E-state index >= 15 is 0 Å². The molecule has 0 atom stereocenters. The number of aryl methyl sites for hydroxylation is 1. The van der Waals surface area contributed by atoms with Crippen LogP contribution in [0.3, 0.4) is 0 Å². The van der Waals surface area contributed by atoms with Crippen LogP contribution < -0.4 is 11.3 Å². The topological polar surface area (TPSA) is 74.5 Å². The zero-order valence-corrected chi connectivity index (χ0v) is 12.8. The van der Waals surface area contributed by atoms with Crippen LogP contribution in [0.15, 0.2) is 12.3 Å². The van der Waals surface area contributed by atoms with Crippen LogP contribution in [0.4, 0.5) is 5.69 Å². The molecule has 1 amide bonds. The Bertz CT molecular complexity index is 447. The first-order valence-corrected chi connectivity index (χ1v) is 6.86. The number of nitrogens with zero attached hydrogens (tertiary/aromatic N) is 3. The number of rotatable bonds is 7.